The molecule has 1 atom stereocenters. The molecule has 1 aromatic heterocycles. The first-order valence-electron chi connectivity index (χ1n) is 6.39. The van der Waals surface area contributed by atoms with Gasteiger partial charge in [-0.3, -0.25) is 4.79 Å². The Balaban J connectivity index is 1.88. The number of hydrogen-bond acceptors (Lipinski definition) is 5. The lowest BCUT2D eigenvalue weighted by Crippen LogP contribution is -2.51. The van der Waals surface area contributed by atoms with Crippen molar-refractivity contribution in [2.45, 2.75) is 13.3 Å². The smallest absolute Gasteiger partial charge is 0.227 e. The number of carbonyl (C=O) groups excluding carboxylic acids is 1. The van der Waals surface area contributed by atoms with Crippen LogP contribution in [0.15, 0.2) is 11.6 Å². The highest BCUT2D eigenvalue weighted by atomic mass is 32.1. The van der Waals surface area contributed by atoms with Crippen molar-refractivity contribution in [3.8, 4) is 0 Å². The van der Waals surface area contributed by atoms with Crippen LogP contribution in [-0.2, 0) is 4.79 Å². The molecule has 0 aliphatic carbocycles. The molecular formula is C12H20N4OS. The van der Waals surface area contributed by atoms with Crippen molar-refractivity contribution in [2.24, 2.45) is 11.7 Å². The Hall–Kier alpha value is -1.14. The van der Waals surface area contributed by atoms with Crippen LogP contribution in [0.3, 0.4) is 0 Å². The Morgan fingerprint density at radius 2 is 2.22 bits per heavy atom. The third kappa shape index (κ3) is 2.81. The lowest BCUT2D eigenvalue weighted by Gasteiger charge is -2.36. The van der Waals surface area contributed by atoms with E-state index in [0.29, 0.717) is 6.54 Å². The van der Waals surface area contributed by atoms with Gasteiger partial charge in [0.15, 0.2) is 5.13 Å². The monoisotopic (exact) mass is 268 g/mol. The minimum atomic E-state index is -0.0172. The molecule has 2 N–H and O–H groups in total. The van der Waals surface area contributed by atoms with Gasteiger partial charge in [-0.25, -0.2) is 4.98 Å². The summed E-state index contributed by atoms with van der Waals surface area (Å²) in [6.07, 6.45) is 2.64. The second-order valence-corrected chi connectivity index (χ2v) is 5.34. The molecule has 2 heterocycles. The average Bonchev–Trinajstić information content (AvgIpc) is 2.94. The number of thiazole rings is 1. The van der Waals surface area contributed by atoms with Crippen LogP contribution in [0.4, 0.5) is 5.13 Å². The zero-order chi connectivity index (χ0) is 13.0. The predicted molar refractivity (Wildman–Crippen MR) is 73.7 cm³/mol. The van der Waals surface area contributed by atoms with Crippen LogP contribution in [0.1, 0.15) is 13.3 Å². The van der Waals surface area contributed by atoms with Crippen molar-refractivity contribution in [3.63, 3.8) is 0 Å². The van der Waals surface area contributed by atoms with Gasteiger partial charge in [0.2, 0.25) is 5.91 Å². The number of rotatable bonds is 4. The molecule has 0 spiro atoms. The van der Waals surface area contributed by atoms with E-state index in [0.717, 1.165) is 37.7 Å². The summed E-state index contributed by atoms with van der Waals surface area (Å²) < 4.78 is 0. The summed E-state index contributed by atoms with van der Waals surface area (Å²) in [6.45, 7) is 5.73. The summed E-state index contributed by atoms with van der Waals surface area (Å²) in [6, 6.07) is 0. The van der Waals surface area contributed by atoms with E-state index < -0.39 is 0 Å². The topological polar surface area (TPSA) is 62.5 Å². The summed E-state index contributed by atoms with van der Waals surface area (Å²) in [5.74, 6) is 0.190. The van der Waals surface area contributed by atoms with Crippen LogP contribution in [0.5, 0.6) is 0 Å². The van der Waals surface area contributed by atoms with E-state index in [9.17, 15) is 4.79 Å². The molecule has 1 aliphatic rings. The minimum Gasteiger partial charge on any atom is -0.345 e. The van der Waals surface area contributed by atoms with Gasteiger partial charge in [0.1, 0.15) is 0 Å². The van der Waals surface area contributed by atoms with Gasteiger partial charge in [-0.1, -0.05) is 6.92 Å². The van der Waals surface area contributed by atoms with Gasteiger partial charge in [-0.2, -0.15) is 0 Å². The largest absolute Gasteiger partial charge is 0.345 e. The van der Waals surface area contributed by atoms with Gasteiger partial charge >= 0.3 is 0 Å². The quantitative estimate of drug-likeness (QED) is 0.876. The van der Waals surface area contributed by atoms with E-state index in [1.54, 1.807) is 11.3 Å². The molecule has 100 valence electrons. The van der Waals surface area contributed by atoms with Crippen molar-refractivity contribution < 1.29 is 4.79 Å². The summed E-state index contributed by atoms with van der Waals surface area (Å²) in [5.41, 5.74) is 5.63. The molecule has 2 rings (SSSR count). The molecule has 0 bridgehead atoms. The first-order chi connectivity index (χ1) is 8.76. The van der Waals surface area contributed by atoms with E-state index in [4.69, 9.17) is 5.73 Å². The summed E-state index contributed by atoms with van der Waals surface area (Å²) in [5, 5.41) is 3.03. The number of anilines is 1. The SMILES string of the molecule is CCC(CN)C(=O)N1CCN(c2nccs2)CC1. The third-order valence-corrected chi connectivity index (χ3v) is 4.24. The van der Waals surface area contributed by atoms with Crippen molar-refractivity contribution in [3.05, 3.63) is 11.6 Å². The van der Waals surface area contributed by atoms with E-state index in [-0.39, 0.29) is 11.8 Å². The van der Waals surface area contributed by atoms with Gasteiger partial charge in [-0.15, -0.1) is 11.3 Å². The number of hydrogen-bond donors (Lipinski definition) is 1. The summed E-state index contributed by atoms with van der Waals surface area (Å²) in [4.78, 5) is 20.6. The van der Waals surface area contributed by atoms with Crippen molar-refractivity contribution in [1.29, 1.82) is 0 Å². The van der Waals surface area contributed by atoms with Crippen LogP contribution in [0.25, 0.3) is 0 Å². The maximum absolute atomic E-state index is 12.2. The van der Waals surface area contributed by atoms with Gasteiger partial charge in [0.05, 0.1) is 5.92 Å². The number of nitrogens with two attached hydrogens (primary N) is 1. The molecule has 1 amide bonds. The molecular weight excluding hydrogens is 248 g/mol. The van der Waals surface area contributed by atoms with Crippen LogP contribution in [0, 0.1) is 5.92 Å². The van der Waals surface area contributed by atoms with Crippen LogP contribution >= 0.6 is 11.3 Å². The molecule has 0 saturated carbocycles. The third-order valence-electron chi connectivity index (χ3n) is 3.41. The van der Waals surface area contributed by atoms with Crippen molar-refractivity contribution >= 4 is 22.4 Å². The highest BCUT2D eigenvalue weighted by Crippen LogP contribution is 2.19. The number of aromatic nitrogens is 1. The normalized spacial score (nSPS) is 17.9. The highest BCUT2D eigenvalue weighted by Gasteiger charge is 2.26. The molecule has 1 saturated heterocycles. The molecule has 6 heteroatoms. The lowest BCUT2D eigenvalue weighted by molar-refractivity contribution is -0.135. The fourth-order valence-corrected chi connectivity index (χ4v) is 2.89. The Bertz CT molecular complexity index is 369. The summed E-state index contributed by atoms with van der Waals surface area (Å²) >= 11 is 1.65. The number of nitrogens with zero attached hydrogens (tertiary/aromatic N) is 3. The minimum absolute atomic E-state index is 0.0172. The zero-order valence-electron chi connectivity index (χ0n) is 10.7. The van der Waals surface area contributed by atoms with Gasteiger partial charge in [-0.05, 0) is 6.42 Å². The second-order valence-electron chi connectivity index (χ2n) is 4.47. The first kappa shape index (κ1) is 13.3. The Morgan fingerprint density at radius 3 is 2.72 bits per heavy atom. The number of amides is 1. The second kappa shape index (κ2) is 6.15. The summed E-state index contributed by atoms with van der Waals surface area (Å²) in [7, 11) is 0. The van der Waals surface area contributed by atoms with Crippen LogP contribution in [-0.4, -0.2) is 48.5 Å². The zero-order valence-corrected chi connectivity index (χ0v) is 11.5. The van der Waals surface area contributed by atoms with Gasteiger partial charge < -0.3 is 15.5 Å². The molecule has 1 unspecified atom stereocenters. The number of piperazine rings is 1. The molecule has 1 aromatic rings. The lowest BCUT2D eigenvalue weighted by atomic mass is 10.0. The maximum Gasteiger partial charge on any atom is 0.227 e. The Kier molecular flexibility index (Phi) is 4.54. The van der Waals surface area contributed by atoms with Crippen LogP contribution < -0.4 is 10.6 Å². The average molecular weight is 268 g/mol. The Labute approximate surface area is 112 Å². The van der Waals surface area contributed by atoms with E-state index >= 15 is 0 Å². The predicted octanol–water partition coefficient (Wildman–Crippen LogP) is 0.777. The van der Waals surface area contributed by atoms with Crippen LogP contribution in [0.2, 0.25) is 0 Å². The fourth-order valence-electron chi connectivity index (χ4n) is 2.19. The number of carbonyl (C=O) groups is 1. The van der Waals surface area contributed by atoms with E-state index in [1.807, 2.05) is 23.4 Å². The highest BCUT2D eigenvalue weighted by molar-refractivity contribution is 7.13. The molecule has 0 aromatic carbocycles. The molecule has 0 radical (unpaired) electrons. The van der Waals surface area contributed by atoms with E-state index in [1.165, 1.54) is 0 Å². The standard InChI is InChI=1S/C12H20N4OS/c1-2-10(9-13)11(17)15-4-6-16(7-5-15)12-14-3-8-18-12/h3,8,10H,2,4-7,9,13H2,1H3. The van der Waals surface area contributed by atoms with Gasteiger partial charge in [0, 0.05) is 44.3 Å². The van der Waals surface area contributed by atoms with Gasteiger partial charge in [0.25, 0.3) is 0 Å². The molecule has 18 heavy (non-hydrogen) atoms. The maximum atomic E-state index is 12.2. The molecule has 1 fully saturated rings. The van der Waals surface area contributed by atoms with E-state index in [2.05, 4.69) is 9.88 Å². The first-order valence-corrected chi connectivity index (χ1v) is 7.27. The molecule has 5 nitrogen and oxygen atoms in total. The Morgan fingerprint density at radius 1 is 1.50 bits per heavy atom. The molecule has 1 aliphatic heterocycles. The van der Waals surface area contributed by atoms with Crippen molar-refractivity contribution in [2.75, 3.05) is 37.6 Å². The fraction of sp³-hybridized carbons (Fsp3) is 0.667. The van der Waals surface area contributed by atoms with Crippen molar-refractivity contribution in [1.82, 2.24) is 9.88 Å².